The number of anilines is 3. The highest BCUT2D eigenvalue weighted by Crippen LogP contribution is 2.38. The summed E-state index contributed by atoms with van der Waals surface area (Å²) in [6.07, 6.45) is 3.59. The summed E-state index contributed by atoms with van der Waals surface area (Å²) in [5, 5.41) is 6.55. The summed E-state index contributed by atoms with van der Waals surface area (Å²) >= 11 is 7.31. The van der Waals surface area contributed by atoms with Gasteiger partial charge >= 0.3 is 0 Å². The van der Waals surface area contributed by atoms with E-state index in [1.807, 2.05) is 37.3 Å². The first-order chi connectivity index (χ1) is 21.6. The van der Waals surface area contributed by atoms with Crippen LogP contribution in [0.5, 0.6) is 0 Å². The Hall–Kier alpha value is -3.93. The molecule has 2 amide bonds. The molecule has 6 rings (SSSR count). The van der Waals surface area contributed by atoms with Crippen LogP contribution in [0.15, 0.2) is 53.3 Å². The molecule has 2 N–H and O–H groups in total. The average molecular weight is 651 g/mol. The van der Waals surface area contributed by atoms with Gasteiger partial charge in [0.1, 0.15) is 16.5 Å². The number of carbonyl (C=O) groups is 2. The van der Waals surface area contributed by atoms with Gasteiger partial charge in [0.05, 0.1) is 28.5 Å². The van der Waals surface area contributed by atoms with Crippen LogP contribution in [0.3, 0.4) is 0 Å². The molecule has 2 aliphatic rings. The Morgan fingerprint density at radius 1 is 1.04 bits per heavy atom. The number of hydrogen-bond acceptors (Lipinski definition) is 6. The summed E-state index contributed by atoms with van der Waals surface area (Å²) in [6, 6.07) is 14.1. The van der Waals surface area contributed by atoms with Gasteiger partial charge in [0.25, 0.3) is 11.5 Å². The Morgan fingerprint density at radius 3 is 2.53 bits per heavy atom. The number of nitrogens with one attached hydrogen (secondary N) is 2. The fourth-order valence-electron chi connectivity index (χ4n) is 6.28. The summed E-state index contributed by atoms with van der Waals surface area (Å²) in [4.78, 5) is 46.1. The second-order valence-corrected chi connectivity index (χ2v) is 13.2. The van der Waals surface area contributed by atoms with E-state index in [1.54, 1.807) is 30.8 Å². The zero-order chi connectivity index (χ0) is 31.8. The van der Waals surface area contributed by atoms with Crippen LogP contribution in [0.1, 0.15) is 46.3 Å². The number of thiophene rings is 1. The van der Waals surface area contributed by atoms with E-state index in [2.05, 4.69) is 20.4 Å². The third-order valence-electron chi connectivity index (χ3n) is 8.82. The largest absolute Gasteiger partial charge is 0.369 e. The van der Waals surface area contributed by atoms with Crippen LogP contribution < -0.4 is 21.1 Å². The summed E-state index contributed by atoms with van der Waals surface area (Å²) in [5.74, 6) is -1.05. The summed E-state index contributed by atoms with van der Waals surface area (Å²) in [6.45, 7) is 5.88. The third-order valence-corrected chi connectivity index (χ3v) is 10.3. The molecule has 45 heavy (non-hydrogen) atoms. The zero-order valence-corrected chi connectivity index (χ0v) is 27.1. The van der Waals surface area contributed by atoms with Crippen LogP contribution in [0.2, 0.25) is 5.02 Å². The molecule has 0 saturated carbocycles. The Morgan fingerprint density at radius 2 is 1.80 bits per heavy atom. The maximum absolute atomic E-state index is 14.0. The minimum atomic E-state index is -0.452. The molecule has 2 aromatic heterocycles. The van der Waals surface area contributed by atoms with Crippen LogP contribution in [0.4, 0.5) is 20.8 Å². The van der Waals surface area contributed by atoms with Gasteiger partial charge in [-0.2, -0.15) is 0 Å². The number of aromatic nitrogens is 2. The van der Waals surface area contributed by atoms with Crippen LogP contribution >= 0.6 is 22.9 Å². The van der Waals surface area contributed by atoms with E-state index >= 15 is 0 Å². The van der Waals surface area contributed by atoms with E-state index in [4.69, 9.17) is 11.6 Å². The van der Waals surface area contributed by atoms with Gasteiger partial charge in [0, 0.05) is 43.3 Å². The molecule has 1 fully saturated rings. The summed E-state index contributed by atoms with van der Waals surface area (Å²) in [7, 11) is 1.78. The minimum Gasteiger partial charge on any atom is -0.369 e. The van der Waals surface area contributed by atoms with Crippen molar-refractivity contribution in [2.75, 3.05) is 41.7 Å². The number of amides is 2. The first kappa shape index (κ1) is 31.1. The number of rotatable bonds is 7. The van der Waals surface area contributed by atoms with E-state index in [-0.39, 0.29) is 34.8 Å². The number of halogens is 2. The summed E-state index contributed by atoms with van der Waals surface area (Å²) in [5.41, 5.74) is 3.38. The molecule has 1 saturated heterocycles. The van der Waals surface area contributed by atoms with Gasteiger partial charge in [0.2, 0.25) is 5.91 Å². The highest BCUT2D eigenvalue weighted by molar-refractivity contribution is 7.17. The number of carbonyl (C=O) groups excluding carboxylic acids is 2. The lowest BCUT2D eigenvalue weighted by Crippen LogP contribution is -2.53. The molecule has 2 aromatic carbocycles. The fourth-order valence-corrected chi connectivity index (χ4v) is 7.70. The quantitative estimate of drug-likeness (QED) is 0.271. The number of aryl methyl sites for hydroxylation is 1. The lowest BCUT2D eigenvalue weighted by molar-refractivity contribution is -0.117. The van der Waals surface area contributed by atoms with Crippen molar-refractivity contribution >= 4 is 51.1 Å². The van der Waals surface area contributed by atoms with E-state index < -0.39 is 11.7 Å². The molecule has 4 aromatic rings. The number of nitrogens with zero attached hydrogens (tertiary/aromatic N) is 4. The van der Waals surface area contributed by atoms with Crippen molar-refractivity contribution in [3.05, 3.63) is 91.4 Å². The number of benzene rings is 2. The summed E-state index contributed by atoms with van der Waals surface area (Å²) < 4.78 is 17.3. The van der Waals surface area contributed by atoms with Crippen LogP contribution in [-0.2, 0) is 24.7 Å². The molecule has 1 atom stereocenters. The second kappa shape index (κ2) is 12.8. The molecular formula is C33H36ClFN6O3S. The first-order valence-corrected chi connectivity index (χ1v) is 16.4. The van der Waals surface area contributed by atoms with Crippen molar-refractivity contribution in [1.29, 1.82) is 0 Å². The molecule has 1 aliphatic heterocycles. The van der Waals surface area contributed by atoms with Crippen molar-refractivity contribution < 1.29 is 14.0 Å². The van der Waals surface area contributed by atoms with Crippen molar-refractivity contribution in [1.82, 2.24) is 14.3 Å². The lowest BCUT2D eigenvalue weighted by atomic mass is 9.95. The molecule has 0 bridgehead atoms. The Bertz CT molecular complexity index is 1820. The van der Waals surface area contributed by atoms with Crippen molar-refractivity contribution in [2.45, 2.75) is 45.6 Å². The zero-order valence-electron chi connectivity index (χ0n) is 25.5. The van der Waals surface area contributed by atoms with E-state index in [9.17, 15) is 18.8 Å². The third kappa shape index (κ3) is 6.16. The van der Waals surface area contributed by atoms with E-state index in [0.29, 0.717) is 41.6 Å². The predicted molar refractivity (Wildman–Crippen MR) is 178 cm³/mol. The molecule has 9 nitrogen and oxygen atoms in total. The minimum absolute atomic E-state index is 0.0374. The maximum Gasteiger partial charge on any atom is 0.295 e. The molecule has 0 radical (unpaired) electrons. The van der Waals surface area contributed by atoms with Gasteiger partial charge in [-0.3, -0.25) is 24.0 Å². The number of hydrogen-bond donors (Lipinski definition) is 2. The van der Waals surface area contributed by atoms with Gasteiger partial charge < -0.3 is 15.5 Å². The Labute approximate surface area is 270 Å². The predicted octanol–water partition coefficient (Wildman–Crippen LogP) is 5.62. The average Bonchev–Trinajstić information content (AvgIpc) is 3.49. The molecule has 12 heteroatoms. The standard InChI is InChI=1S/C33H36ClFN6O3S/c1-20-18-40(23-13-14-25(34)26(35)17-23)16-15-39(20)19-28(42)36-32-29(24-11-7-8-12-27(24)45-32)31(43)37-30-21(2)38(3)41(33(30)44)22-9-5-4-6-10-22/h4-6,9-10,13-14,17,20H,7-8,11-12,15-16,18-19H2,1-3H3,(H,36,42)(H,37,43). The number of piperazine rings is 1. The lowest BCUT2D eigenvalue weighted by Gasteiger charge is -2.40. The first-order valence-electron chi connectivity index (χ1n) is 15.2. The molecule has 1 unspecified atom stereocenters. The van der Waals surface area contributed by atoms with Crippen LogP contribution in [-0.4, -0.2) is 58.3 Å². The fraction of sp³-hybridized carbons (Fsp3) is 0.364. The van der Waals surface area contributed by atoms with Gasteiger partial charge in [-0.15, -0.1) is 11.3 Å². The van der Waals surface area contributed by atoms with Gasteiger partial charge in [-0.1, -0.05) is 29.8 Å². The Balaban J connectivity index is 1.19. The van der Waals surface area contributed by atoms with Gasteiger partial charge in [-0.25, -0.2) is 9.07 Å². The van der Waals surface area contributed by atoms with Crippen LogP contribution in [0, 0.1) is 12.7 Å². The normalized spacial score (nSPS) is 16.8. The molecular weight excluding hydrogens is 615 g/mol. The molecule has 0 spiro atoms. The highest BCUT2D eigenvalue weighted by atomic mass is 35.5. The van der Waals surface area contributed by atoms with E-state index in [1.165, 1.54) is 22.1 Å². The molecule has 1 aliphatic carbocycles. The van der Waals surface area contributed by atoms with Crippen molar-refractivity contribution in [2.24, 2.45) is 7.05 Å². The SMILES string of the molecule is Cc1c(NC(=O)c2c(NC(=O)CN3CCN(c4ccc(Cl)c(F)c4)CC3C)sc3c2CCCC3)c(=O)n(-c2ccccc2)n1C. The Kier molecular flexibility index (Phi) is 8.85. The van der Waals surface area contributed by atoms with Crippen molar-refractivity contribution in [3.63, 3.8) is 0 Å². The second-order valence-electron chi connectivity index (χ2n) is 11.7. The highest BCUT2D eigenvalue weighted by Gasteiger charge is 2.30. The molecule has 236 valence electrons. The van der Waals surface area contributed by atoms with Crippen LogP contribution in [0.25, 0.3) is 5.69 Å². The van der Waals surface area contributed by atoms with E-state index in [0.717, 1.165) is 41.8 Å². The smallest absolute Gasteiger partial charge is 0.295 e. The van der Waals surface area contributed by atoms with Crippen molar-refractivity contribution in [3.8, 4) is 5.69 Å². The number of para-hydroxylation sites is 1. The topological polar surface area (TPSA) is 91.6 Å². The monoisotopic (exact) mass is 650 g/mol. The van der Waals surface area contributed by atoms with Gasteiger partial charge in [0.15, 0.2) is 0 Å². The molecule has 3 heterocycles. The van der Waals surface area contributed by atoms with Gasteiger partial charge in [-0.05, 0) is 75.4 Å². The number of fused-ring (bicyclic) bond motifs is 1. The maximum atomic E-state index is 14.0.